The Balaban J connectivity index is 1.67. The highest BCUT2D eigenvalue weighted by atomic mass is 32.2. The van der Waals surface area contributed by atoms with E-state index in [1.54, 1.807) is 24.3 Å². The molecule has 0 saturated carbocycles. The van der Waals surface area contributed by atoms with E-state index in [9.17, 15) is 13.2 Å². The molecule has 0 aromatic heterocycles. The van der Waals surface area contributed by atoms with Crippen LogP contribution in [0.5, 0.6) is 0 Å². The number of hydrogen-bond donors (Lipinski definition) is 0. The van der Waals surface area contributed by atoms with Gasteiger partial charge in [-0.25, -0.2) is 13.2 Å². The minimum absolute atomic E-state index is 0.174. The Hall–Kier alpha value is -2.34. The zero-order chi connectivity index (χ0) is 17.2. The summed E-state index contributed by atoms with van der Waals surface area (Å²) in [6, 6.07) is 14.2. The van der Waals surface area contributed by atoms with Crippen LogP contribution in [0.2, 0.25) is 0 Å². The number of benzene rings is 2. The van der Waals surface area contributed by atoms with Crippen LogP contribution in [0.1, 0.15) is 27.9 Å². The molecule has 126 valence electrons. The Morgan fingerprint density at radius 3 is 2.46 bits per heavy atom. The lowest BCUT2D eigenvalue weighted by atomic mass is 10.1. The van der Waals surface area contributed by atoms with Gasteiger partial charge < -0.3 is 4.74 Å². The van der Waals surface area contributed by atoms with Crippen LogP contribution in [0.15, 0.2) is 48.5 Å². The van der Waals surface area contributed by atoms with Crippen LogP contribution in [-0.4, -0.2) is 26.7 Å². The van der Waals surface area contributed by atoms with Gasteiger partial charge in [-0.15, -0.1) is 0 Å². The van der Waals surface area contributed by atoms with Gasteiger partial charge in [-0.2, -0.15) is 0 Å². The number of esters is 1. The first-order chi connectivity index (χ1) is 11.5. The van der Waals surface area contributed by atoms with Crippen molar-refractivity contribution >= 4 is 21.7 Å². The van der Waals surface area contributed by atoms with Crippen molar-refractivity contribution in [3.63, 3.8) is 0 Å². The summed E-state index contributed by atoms with van der Waals surface area (Å²) >= 11 is 0. The number of hydrogen-bond acceptors (Lipinski definition) is 4. The van der Waals surface area contributed by atoms with Crippen LogP contribution >= 0.6 is 0 Å². The highest BCUT2D eigenvalue weighted by Gasteiger charge is 2.28. The third-order valence-corrected chi connectivity index (χ3v) is 5.98. The zero-order valence-corrected chi connectivity index (χ0v) is 14.3. The largest absolute Gasteiger partial charge is 0.457 e. The number of nitrogens with zero attached hydrogens (tertiary/aromatic N) is 1. The number of anilines is 1. The normalized spacial score (nSPS) is 16.1. The molecule has 0 aliphatic carbocycles. The summed E-state index contributed by atoms with van der Waals surface area (Å²) in [5.74, 6) is -0.248. The van der Waals surface area contributed by atoms with Gasteiger partial charge in [0, 0.05) is 6.54 Å². The first-order valence-electron chi connectivity index (χ1n) is 7.79. The quantitative estimate of drug-likeness (QED) is 0.799. The second kappa shape index (κ2) is 6.65. The summed E-state index contributed by atoms with van der Waals surface area (Å²) in [6.07, 6.45) is 0.628. The topological polar surface area (TPSA) is 63.7 Å². The summed E-state index contributed by atoms with van der Waals surface area (Å²) < 4.78 is 30.5. The van der Waals surface area contributed by atoms with E-state index >= 15 is 0 Å². The van der Waals surface area contributed by atoms with Crippen LogP contribution in [0, 0.1) is 6.92 Å². The van der Waals surface area contributed by atoms with Crippen molar-refractivity contribution in [3.05, 3.63) is 65.2 Å². The van der Waals surface area contributed by atoms with Gasteiger partial charge >= 0.3 is 5.97 Å². The molecule has 2 aromatic rings. The van der Waals surface area contributed by atoms with Gasteiger partial charge in [-0.3, -0.25) is 4.31 Å². The van der Waals surface area contributed by atoms with Gasteiger partial charge in [0.1, 0.15) is 6.61 Å². The van der Waals surface area contributed by atoms with Crippen molar-refractivity contribution in [2.24, 2.45) is 0 Å². The van der Waals surface area contributed by atoms with Crippen molar-refractivity contribution < 1.29 is 17.9 Å². The molecule has 1 fully saturated rings. The molecule has 0 unspecified atom stereocenters. The minimum Gasteiger partial charge on any atom is -0.457 e. The smallest absolute Gasteiger partial charge is 0.338 e. The maximum absolute atomic E-state index is 12.1. The summed E-state index contributed by atoms with van der Waals surface area (Å²) in [5, 5.41) is 0. The fraction of sp³-hybridized carbons (Fsp3) is 0.278. The summed E-state index contributed by atoms with van der Waals surface area (Å²) in [5.41, 5.74) is 3.03. The van der Waals surface area contributed by atoms with E-state index in [4.69, 9.17) is 4.74 Å². The summed E-state index contributed by atoms with van der Waals surface area (Å²) in [4.78, 5) is 12.1. The van der Waals surface area contributed by atoms with Gasteiger partial charge in [0.2, 0.25) is 10.0 Å². The Morgan fingerprint density at radius 2 is 1.83 bits per heavy atom. The van der Waals surface area contributed by atoms with Gasteiger partial charge in [-0.05, 0) is 48.7 Å². The van der Waals surface area contributed by atoms with E-state index in [2.05, 4.69) is 0 Å². The molecule has 0 bridgehead atoms. The second-order valence-corrected chi connectivity index (χ2v) is 7.80. The molecular formula is C18H19NO4S. The molecule has 1 saturated heterocycles. The molecule has 0 atom stereocenters. The summed E-state index contributed by atoms with van der Waals surface area (Å²) in [7, 11) is -3.21. The minimum atomic E-state index is -3.21. The number of aryl methyl sites for hydroxylation is 1. The predicted molar refractivity (Wildman–Crippen MR) is 92.5 cm³/mol. The van der Waals surface area contributed by atoms with Crippen LogP contribution < -0.4 is 4.31 Å². The molecule has 0 amide bonds. The maximum Gasteiger partial charge on any atom is 0.338 e. The van der Waals surface area contributed by atoms with Crippen molar-refractivity contribution in [2.75, 3.05) is 16.6 Å². The van der Waals surface area contributed by atoms with Crippen molar-refractivity contribution in [3.8, 4) is 0 Å². The van der Waals surface area contributed by atoms with Crippen molar-refractivity contribution in [1.82, 2.24) is 0 Å². The first-order valence-corrected chi connectivity index (χ1v) is 9.40. The molecule has 24 heavy (non-hydrogen) atoms. The number of sulfonamides is 1. The standard InChI is InChI=1S/C18H19NO4S/c1-14-5-2-3-6-16(14)13-23-18(20)15-7-9-17(10-8-15)19-11-4-12-24(19,21)22/h2-3,5-10H,4,11-13H2,1H3. The molecule has 2 aromatic carbocycles. The number of carbonyl (C=O) groups is 1. The lowest BCUT2D eigenvalue weighted by Gasteiger charge is -2.17. The second-order valence-electron chi connectivity index (χ2n) is 5.79. The third-order valence-electron chi connectivity index (χ3n) is 4.11. The Morgan fingerprint density at radius 1 is 1.12 bits per heavy atom. The van der Waals surface area contributed by atoms with Crippen LogP contribution in [0.4, 0.5) is 5.69 Å². The monoisotopic (exact) mass is 345 g/mol. The molecule has 0 radical (unpaired) electrons. The molecule has 1 aliphatic rings. The van der Waals surface area contributed by atoms with Gasteiger partial charge in [-0.1, -0.05) is 24.3 Å². The number of carbonyl (C=O) groups excluding carboxylic acids is 1. The third kappa shape index (κ3) is 3.43. The highest BCUT2D eigenvalue weighted by Crippen LogP contribution is 2.24. The fourth-order valence-electron chi connectivity index (χ4n) is 2.69. The highest BCUT2D eigenvalue weighted by molar-refractivity contribution is 7.93. The van der Waals surface area contributed by atoms with E-state index in [1.165, 1.54) is 4.31 Å². The molecule has 1 aliphatic heterocycles. The van der Waals surface area contributed by atoms with E-state index in [0.29, 0.717) is 24.2 Å². The van der Waals surface area contributed by atoms with Crippen LogP contribution in [0.25, 0.3) is 0 Å². The first kappa shape index (κ1) is 16.5. The molecule has 0 N–H and O–H groups in total. The van der Waals surface area contributed by atoms with E-state index in [-0.39, 0.29) is 12.4 Å². The Labute approximate surface area is 141 Å². The molecule has 5 nitrogen and oxygen atoms in total. The van der Waals surface area contributed by atoms with E-state index in [1.807, 2.05) is 31.2 Å². The summed E-state index contributed by atoms with van der Waals surface area (Å²) in [6.45, 7) is 2.67. The molecule has 0 spiro atoms. The van der Waals surface area contributed by atoms with Crippen molar-refractivity contribution in [2.45, 2.75) is 20.0 Å². The van der Waals surface area contributed by atoms with E-state index in [0.717, 1.165) is 11.1 Å². The van der Waals surface area contributed by atoms with Gasteiger partial charge in [0.05, 0.1) is 17.0 Å². The molecule has 3 rings (SSSR count). The Kier molecular flexibility index (Phi) is 4.57. The molecular weight excluding hydrogens is 326 g/mol. The van der Waals surface area contributed by atoms with Gasteiger partial charge in [0.25, 0.3) is 0 Å². The number of ether oxygens (including phenoxy) is 1. The van der Waals surface area contributed by atoms with Crippen LogP contribution in [-0.2, 0) is 21.4 Å². The zero-order valence-electron chi connectivity index (χ0n) is 13.4. The fourth-order valence-corrected chi connectivity index (χ4v) is 4.26. The molecule has 1 heterocycles. The molecule has 6 heteroatoms. The van der Waals surface area contributed by atoms with Crippen molar-refractivity contribution in [1.29, 1.82) is 0 Å². The average molecular weight is 345 g/mol. The average Bonchev–Trinajstić information content (AvgIpc) is 2.93. The van der Waals surface area contributed by atoms with Crippen LogP contribution in [0.3, 0.4) is 0 Å². The SMILES string of the molecule is Cc1ccccc1COC(=O)c1ccc(N2CCCS2(=O)=O)cc1. The Bertz CT molecular complexity index is 844. The van der Waals surface area contributed by atoms with E-state index < -0.39 is 16.0 Å². The lowest BCUT2D eigenvalue weighted by molar-refractivity contribution is 0.0472. The lowest BCUT2D eigenvalue weighted by Crippen LogP contribution is -2.25. The number of rotatable bonds is 4. The van der Waals surface area contributed by atoms with Gasteiger partial charge in [0.15, 0.2) is 0 Å². The maximum atomic E-state index is 12.1. The predicted octanol–water partition coefficient (Wildman–Crippen LogP) is 2.89.